The summed E-state index contributed by atoms with van der Waals surface area (Å²) in [5, 5.41) is 3.70. The van der Waals surface area contributed by atoms with Crippen molar-refractivity contribution in [3.63, 3.8) is 0 Å². The molecule has 0 saturated heterocycles. The molecule has 0 radical (unpaired) electrons. The zero-order valence-corrected chi connectivity index (χ0v) is 17.1. The molecular formula is C20H23ClN2O3S. The highest BCUT2D eigenvalue weighted by atomic mass is 35.5. The van der Waals surface area contributed by atoms with Crippen molar-refractivity contribution in [1.29, 1.82) is 0 Å². The second-order valence-electron chi connectivity index (χ2n) is 6.94. The van der Waals surface area contributed by atoms with Crippen LogP contribution in [0.1, 0.15) is 47.8 Å². The van der Waals surface area contributed by atoms with Gasteiger partial charge in [0.05, 0.1) is 18.0 Å². The molecule has 1 heterocycles. The van der Waals surface area contributed by atoms with Crippen molar-refractivity contribution in [2.75, 3.05) is 10.6 Å². The molecule has 0 spiro atoms. The van der Waals surface area contributed by atoms with E-state index in [1.165, 1.54) is 10.6 Å². The minimum absolute atomic E-state index is 0.116. The Morgan fingerprint density at radius 3 is 2.52 bits per heavy atom. The number of fused-ring (bicyclic) bond motifs is 1. The van der Waals surface area contributed by atoms with Gasteiger partial charge in [0.2, 0.25) is 10.0 Å². The molecule has 2 aromatic rings. The zero-order chi connectivity index (χ0) is 19.8. The Hall–Kier alpha value is -2.05. The van der Waals surface area contributed by atoms with E-state index in [4.69, 9.17) is 11.6 Å². The number of carbonyl (C=O) groups excluding carboxylic acids is 1. The molecular weight excluding hydrogens is 384 g/mol. The van der Waals surface area contributed by atoms with E-state index >= 15 is 0 Å². The van der Waals surface area contributed by atoms with Crippen molar-refractivity contribution in [2.45, 2.75) is 38.8 Å². The highest BCUT2D eigenvalue weighted by molar-refractivity contribution is 7.92. The molecule has 1 N–H and O–H groups in total. The summed E-state index contributed by atoms with van der Waals surface area (Å²) in [6, 6.07) is 12.4. The standard InChI is InChI=1S/C20H23ClN2O3S/c1-4-18(14-5-8-17(21)9-6-14)22-20(24)15-7-10-19-16(12-15)11-13(2)23(19)27(3,25)26/h5-10,12-13,18H,4,11H2,1-3H3,(H,22,24)/t13-,18+/m1/s1. The van der Waals surface area contributed by atoms with Crippen molar-refractivity contribution in [3.05, 3.63) is 64.2 Å². The Bertz CT molecular complexity index is 958. The lowest BCUT2D eigenvalue weighted by Crippen LogP contribution is -2.34. The van der Waals surface area contributed by atoms with Crippen LogP contribution in [-0.4, -0.2) is 26.6 Å². The maximum absolute atomic E-state index is 12.7. The maximum atomic E-state index is 12.7. The molecule has 2 aromatic carbocycles. The van der Waals surface area contributed by atoms with Crippen molar-refractivity contribution in [3.8, 4) is 0 Å². The van der Waals surface area contributed by atoms with Crippen LogP contribution in [0.4, 0.5) is 5.69 Å². The minimum atomic E-state index is -3.34. The Kier molecular flexibility index (Phi) is 5.49. The fraction of sp³-hybridized carbons (Fsp3) is 0.350. The van der Waals surface area contributed by atoms with Crippen molar-refractivity contribution < 1.29 is 13.2 Å². The highest BCUT2D eigenvalue weighted by Crippen LogP contribution is 2.34. The van der Waals surface area contributed by atoms with E-state index in [0.717, 1.165) is 17.5 Å². The smallest absolute Gasteiger partial charge is 0.251 e. The van der Waals surface area contributed by atoms with Gasteiger partial charge in [-0.05, 0) is 61.2 Å². The van der Waals surface area contributed by atoms with E-state index in [1.54, 1.807) is 18.2 Å². The van der Waals surface area contributed by atoms with E-state index in [9.17, 15) is 13.2 Å². The first-order chi connectivity index (χ1) is 12.7. The van der Waals surface area contributed by atoms with Crippen LogP contribution in [0.2, 0.25) is 5.02 Å². The van der Waals surface area contributed by atoms with Gasteiger partial charge in [-0.2, -0.15) is 0 Å². The molecule has 3 rings (SSSR count). The summed E-state index contributed by atoms with van der Waals surface area (Å²) in [5.74, 6) is -0.176. The van der Waals surface area contributed by atoms with Crippen LogP contribution >= 0.6 is 11.6 Å². The summed E-state index contributed by atoms with van der Waals surface area (Å²) in [4.78, 5) is 12.7. The zero-order valence-electron chi connectivity index (χ0n) is 15.6. The monoisotopic (exact) mass is 406 g/mol. The quantitative estimate of drug-likeness (QED) is 0.817. The number of nitrogens with one attached hydrogen (secondary N) is 1. The fourth-order valence-corrected chi connectivity index (χ4v) is 5.00. The molecule has 0 unspecified atom stereocenters. The third kappa shape index (κ3) is 4.12. The molecule has 27 heavy (non-hydrogen) atoms. The molecule has 0 fully saturated rings. The van der Waals surface area contributed by atoms with Crippen LogP contribution in [0.25, 0.3) is 0 Å². The average molecular weight is 407 g/mol. The molecule has 7 heteroatoms. The van der Waals surface area contributed by atoms with Crippen LogP contribution in [0.3, 0.4) is 0 Å². The van der Waals surface area contributed by atoms with Crippen molar-refractivity contribution >= 4 is 33.2 Å². The lowest BCUT2D eigenvalue weighted by Gasteiger charge is -2.22. The molecule has 2 atom stereocenters. The van der Waals surface area contributed by atoms with E-state index in [2.05, 4.69) is 5.32 Å². The molecule has 1 amide bonds. The van der Waals surface area contributed by atoms with Crippen LogP contribution in [0, 0.1) is 0 Å². The van der Waals surface area contributed by atoms with E-state index < -0.39 is 10.0 Å². The number of rotatable bonds is 5. The fourth-order valence-electron chi connectivity index (χ4n) is 3.61. The molecule has 0 bridgehead atoms. The predicted molar refractivity (Wildman–Crippen MR) is 109 cm³/mol. The first-order valence-corrected chi connectivity index (χ1v) is 11.1. The second-order valence-corrected chi connectivity index (χ2v) is 9.24. The summed E-state index contributed by atoms with van der Waals surface area (Å²) in [7, 11) is -3.34. The number of hydrogen-bond acceptors (Lipinski definition) is 3. The largest absolute Gasteiger partial charge is 0.345 e. The van der Waals surface area contributed by atoms with Crippen molar-refractivity contribution in [2.24, 2.45) is 0 Å². The lowest BCUT2D eigenvalue weighted by molar-refractivity contribution is 0.0935. The van der Waals surface area contributed by atoms with E-state index in [0.29, 0.717) is 22.7 Å². The van der Waals surface area contributed by atoms with Gasteiger partial charge in [-0.1, -0.05) is 30.7 Å². The van der Waals surface area contributed by atoms with Crippen LogP contribution < -0.4 is 9.62 Å². The Balaban J connectivity index is 1.82. The summed E-state index contributed by atoms with van der Waals surface area (Å²) >= 11 is 5.94. The van der Waals surface area contributed by atoms with Gasteiger partial charge in [-0.25, -0.2) is 8.42 Å². The summed E-state index contributed by atoms with van der Waals surface area (Å²) in [6.45, 7) is 3.88. The normalized spacial score (nSPS) is 17.5. The summed E-state index contributed by atoms with van der Waals surface area (Å²) in [6.07, 6.45) is 2.55. The Labute approximate surface area is 165 Å². The molecule has 144 valence electrons. The third-order valence-corrected chi connectivity index (χ3v) is 6.36. The summed E-state index contributed by atoms with van der Waals surface area (Å²) < 4.78 is 25.5. The van der Waals surface area contributed by atoms with Gasteiger partial charge in [-0.15, -0.1) is 0 Å². The second kappa shape index (κ2) is 7.52. The predicted octanol–water partition coefficient (Wildman–Crippen LogP) is 3.93. The van der Waals surface area contributed by atoms with Crippen LogP contribution in [-0.2, 0) is 16.4 Å². The lowest BCUT2D eigenvalue weighted by atomic mass is 10.0. The average Bonchev–Trinajstić information content (AvgIpc) is 2.95. The number of halogens is 1. The molecule has 0 saturated carbocycles. The topological polar surface area (TPSA) is 66.5 Å². The summed E-state index contributed by atoms with van der Waals surface area (Å²) in [5.41, 5.74) is 3.06. The number of anilines is 1. The number of amides is 1. The molecule has 0 aromatic heterocycles. The Morgan fingerprint density at radius 1 is 1.26 bits per heavy atom. The van der Waals surface area contributed by atoms with Crippen LogP contribution in [0.5, 0.6) is 0 Å². The van der Waals surface area contributed by atoms with Gasteiger partial charge in [0, 0.05) is 16.6 Å². The van der Waals surface area contributed by atoms with Gasteiger partial charge in [0.1, 0.15) is 0 Å². The number of nitrogens with zero attached hydrogens (tertiary/aromatic N) is 1. The number of hydrogen-bond donors (Lipinski definition) is 1. The molecule has 1 aliphatic heterocycles. The molecule has 1 aliphatic rings. The number of benzene rings is 2. The third-order valence-electron chi connectivity index (χ3n) is 4.84. The number of sulfonamides is 1. The van der Waals surface area contributed by atoms with Gasteiger partial charge in [0.15, 0.2) is 0 Å². The van der Waals surface area contributed by atoms with Gasteiger partial charge in [-0.3, -0.25) is 9.10 Å². The van der Waals surface area contributed by atoms with E-state index in [-0.39, 0.29) is 18.0 Å². The first kappa shape index (κ1) is 19.7. The van der Waals surface area contributed by atoms with Gasteiger partial charge in [0.25, 0.3) is 5.91 Å². The first-order valence-electron chi connectivity index (χ1n) is 8.89. The molecule has 5 nitrogen and oxygen atoms in total. The number of carbonyl (C=O) groups is 1. The Morgan fingerprint density at radius 2 is 1.93 bits per heavy atom. The van der Waals surface area contributed by atoms with Gasteiger partial charge < -0.3 is 5.32 Å². The highest BCUT2D eigenvalue weighted by Gasteiger charge is 2.32. The maximum Gasteiger partial charge on any atom is 0.251 e. The molecule has 0 aliphatic carbocycles. The van der Waals surface area contributed by atoms with Gasteiger partial charge >= 0.3 is 0 Å². The van der Waals surface area contributed by atoms with Crippen LogP contribution in [0.15, 0.2) is 42.5 Å². The van der Waals surface area contributed by atoms with Crippen molar-refractivity contribution in [1.82, 2.24) is 5.32 Å². The van der Waals surface area contributed by atoms with E-state index in [1.807, 2.05) is 38.1 Å². The minimum Gasteiger partial charge on any atom is -0.345 e. The SMILES string of the molecule is CC[C@H](NC(=O)c1ccc2c(c1)C[C@@H](C)N2S(C)(=O)=O)c1ccc(Cl)cc1.